The van der Waals surface area contributed by atoms with E-state index in [-0.39, 0.29) is 13.2 Å². The Balaban J connectivity index is 1.85. The predicted molar refractivity (Wildman–Crippen MR) is 102 cm³/mol. The van der Waals surface area contributed by atoms with Gasteiger partial charge in [-0.1, -0.05) is 38.1 Å². The van der Waals surface area contributed by atoms with E-state index in [9.17, 15) is 9.59 Å². The number of amides is 1. The minimum absolute atomic E-state index is 0.167. The largest absolute Gasteiger partial charge is 0.497 e. The van der Waals surface area contributed by atoms with Crippen molar-refractivity contribution in [2.75, 3.05) is 20.8 Å². The van der Waals surface area contributed by atoms with Crippen molar-refractivity contribution in [3.63, 3.8) is 0 Å². The van der Waals surface area contributed by atoms with Gasteiger partial charge in [-0.2, -0.15) is 0 Å². The summed E-state index contributed by atoms with van der Waals surface area (Å²) in [5, 5.41) is 2.54. The lowest BCUT2D eigenvalue weighted by Gasteiger charge is -2.10. The molecule has 6 nitrogen and oxygen atoms in total. The van der Waals surface area contributed by atoms with Crippen LogP contribution in [0.15, 0.2) is 42.5 Å². The van der Waals surface area contributed by atoms with Gasteiger partial charge in [-0.3, -0.25) is 9.59 Å². The van der Waals surface area contributed by atoms with Gasteiger partial charge in [0.2, 0.25) is 0 Å². The Morgan fingerprint density at radius 3 is 2.07 bits per heavy atom. The van der Waals surface area contributed by atoms with Crippen LogP contribution in [-0.2, 0) is 16.1 Å². The van der Waals surface area contributed by atoms with E-state index in [0.717, 1.165) is 5.56 Å². The highest BCUT2D eigenvalue weighted by Gasteiger charge is 2.12. The van der Waals surface area contributed by atoms with E-state index in [1.165, 1.54) is 19.8 Å². The third-order valence-electron chi connectivity index (χ3n) is 4.05. The average molecular weight is 371 g/mol. The van der Waals surface area contributed by atoms with Crippen molar-refractivity contribution in [3.05, 3.63) is 59.2 Å². The van der Waals surface area contributed by atoms with Crippen LogP contribution < -0.4 is 14.8 Å². The summed E-state index contributed by atoms with van der Waals surface area (Å²) in [5.74, 6) is 0.516. The number of hydrogen-bond donors (Lipinski definition) is 1. The van der Waals surface area contributed by atoms with Crippen molar-refractivity contribution in [1.82, 2.24) is 5.32 Å². The standard InChI is InChI=1S/C21H25NO5/c1-14(2)16-7-5-15(6-8-16)13-27-20(23)12-22-21(24)17-9-18(25-3)11-19(10-17)26-4/h5-11,14H,12-13H2,1-4H3,(H,22,24). The summed E-state index contributed by atoms with van der Waals surface area (Å²) in [5.41, 5.74) is 2.46. The number of methoxy groups -OCH3 is 2. The van der Waals surface area contributed by atoms with Crippen LogP contribution in [-0.4, -0.2) is 32.6 Å². The fraction of sp³-hybridized carbons (Fsp3) is 0.333. The zero-order valence-corrected chi connectivity index (χ0v) is 16.1. The van der Waals surface area contributed by atoms with Crippen LogP contribution in [0.1, 0.15) is 41.3 Å². The van der Waals surface area contributed by atoms with Gasteiger partial charge in [0.1, 0.15) is 24.7 Å². The van der Waals surface area contributed by atoms with Crippen molar-refractivity contribution in [2.24, 2.45) is 0 Å². The van der Waals surface area contributed by atoms with Crippen LogP contribution in [0.2, 0.25) is 0 Å². The predicted octanol–water partition coefficient (Wildman–Crippen LogP) is 3.30. The molecule has 1 N–H and O–H groups in total. The Morgan fingerprint density at radius 1 is 0.963 bits per heavy atom. The Bertz CT molecular complexity index is 761. The van der Waals surface area contributed by atoms with E-state index in [2.05, 4.69) is 19.2 Å². The summed E-state index contributed by atoms with van der Waals surface area (Å²) in [6.07, 6.45) is 0. The zero-order chi connectivity index (χ0) is 19.8. The van der Waals surface area contributed by atoms with E-state index in [4.69, 9.17) is 14.2 Å². The third kappa shape index (κ3) is 6.02. The van der Waals surface area contributed by atoms with E-state index < -0.39 is 11.9 Å². The van der Waals surface area contributed by atoms with Crippen LogP contribution in [0.25, 0.3) is 0 Å². The number of benzene rings is 2. The molecular weight excluding hydrogens is 346 g/mol. The lowest BCUT2D eigenvalue weighted by molar-refractivity contribution is -0.143. The van der Waals surface area contributed by atoms with Crippen LogP contribution in [0.4, 0.5) is 0 Å². The normalized spacial score (nSPS) is 10.4. The van der Waals surface area contributed by atoms with Gasteiger partial charge in [0, 0.05) is 11.6 Å². The number of ether oxygens (including phenoxy) is 3. The molecule has 0 aromatic heterocycles. The lowest BCUT2D eigenvalue weighted by Crippen LogP contribution is -2.30. The second kappa shape index (κ2) is 9.62. The zero-order valence-electron chi connectivity index (χ0n) is 16.1. The van der Waals surface area contributed by atoms with E-state index in [1.807, 2.05) is 24.3 Å². The van der Waals surface area contributed by atoms with Crippen molar-refractivity contribution in [2.45, 2.75) is 26.4 Å². The lowest BCUT2D eigenvalue weighted by atomic mass is 10.0. The number of nitrogens with one attached hydrogen (secondary N) is 1. The number of carbonyl (C=O) groups excluding carboxylic acids is 2. The average Bonchev–Trinajstić information content (AvgIpc) is 2.70. The fourth-order valence-electron chi connectivity index (χ4n) is 2.41. The summed E-state index contributed by atoms with van der Waals surface area (Å²) in [6.45, 7) is 4.19. The number of hydrogen-bond acceptors (Lipinski definition) is 5. The molecule has 2 aromatic rings. The molecule has 2 aromatic carbocycles. The molecule has 0 heterocycles. The second-order valence-electron chi connectivity index (χ2n) is 6.34. The smallest absolute Gasteiger partial charge is 0.325 e. The molecule has 27 heavy (non-hydrogen) atoms. The number of carbonyl (C=O) groups is 2. The monoisotopic (exact) mass is 371 g/mol. The highest BCUT2D eigenvalue weighted by molar-refractivity contribution is 5.96. The van der Waals surface area contributed by atoms with Gasteiger partial charge in [-0.05, 0) is 29.2 Å². The van der Waals surface area contributed by atoms with E-state index in [0.29, 0.717) is 23.0 Å². The van der Waals surface area contributed by atoms with Crippen molar-refractivity contribution in [1.29, 1.82) is 0 Å². The van der Waals surface area contributed by atoms with Crippen LogP contribution in [0.5, 0.6) is 11.5 Å². The minimum Gasteiger partial charge on any atom is -0.497 e. The van der Waals surface area contributed by atoms with Crippen LogP contribution in [0, 0.1) is 0 Å². The molecule has 0 fully saturated rings. The van der Waals surface area contributed by atoms with Gasteiger partial charge in [-0.25, -0.2) is 0 Å². The van der Waals surface area contributed by atoms with Crippen molar-refractivity contribution >= 4 is 11.9 Å². The van der Waals surface area contributed by atoms with Crippen LogP contribution in [0.3, 0.4) is 0 Å². The molecular formula is C21H25NO5. The van der Waals surface area contributed by atoms with Crippen molar-refractivity contribution < 1.29 is 23.8 Å². The summed E-state index contributed by atoms with van der Waals surface area (Å²) < 4.78 is 15.5. The molecule has 2 rings (SSSR count). The topological polar surface area (TPSA) is 73.9 Å². The maximum atomic E-state index is 12.2. The van der Waals surface area contributed by atoms with Crippen molar-refractivity contribution in [3.8, 4) is 11.5 Å². The van der Waals surface area contributed by atoms with E-state index >= 15 is 0 Å². The van der Waals surface area contributed by atoms with Gasteiger partial charge in [0.25, 0.3) is 5.91 Å². The van der Waals surface area contributed by atoms with E-state index in [1.54, 1.807) is 18.2 Å². The molecule has 0 spiro atoms. The summed E-state index contributed by atoms with van der Waals surface area (Å²) in [6, 6.07) is 12.7. The first-order valence-electron chi connectivity index (χ1n) is 8.68. The Kier molecular flexibility index (Phi) is 7.23. The highest BCUT2D eigenvalue weighted by Crippen LogP contribution is 2.22. The molecule has 144 valence electrons. The van der Waals surface area contributed by atoms with Gasteiger partial charge in [0.15, 0.2) is 0 Å². The Hall–Kier alpha value is -3.02. The molecule has 0 unspecified atom stereocenters. The Morgan fingerprint density at radius 2 is 1.56 bits per heavy atom. The summed E-state index contributed by atoms with van der Waals surface area (Å²) in [7, 11) is 3.00. The molecule has 0 bridgehead atoms. The molecule has 0 aliphatic heterocycles. The summed E-state index contributed by atoms with van der Waals surface area (Å²) >= 11 is 0. The molecule has 0 atom stereocenters. The molecule has 6 heteroatoms. The maximum Gasteiger partial charge on any atom is 0.325 e. The fourth-order valence-corrected chi connectivity index (χ4v) is 2.41. The van der Waals surface area contributed by atoms with Crippen LogP contribution >= 0.6 is 0 Å². The van der Waals surface area contributed by atoms with Gasteiger partial charge >= 0.3 is 5.97 Å². The quantitative estimate of drug-likeness (QED) is 0.721. The first-order valence-corrected chi connectivity index (χ1v) is 8.68. The van der Waals surface area contributed by atoms with Gasteiger partial charge < -0.3 is 19.5 Å². The Labute approximate surface area is 159 Å². The third-order valence-corrected chi connectivity index (χ3v) is 4.05. The first kappa shape index (κ1) is 20.3. The molecule has 0 saturated carbocycles. The maximum absolute atomic E-state index is 12.2. The molecule has 0 aliphatic rings. The molecule has 1 amide bonds. The minimum atomic E-state index is -0.508. The highest BCUT2D eigenvalue weighted by atomic mass is 16.5. The summed E-state index contributed by atoms with van der Waals surface area (Å²) in [4.78, 5) is 24.1. The SMILES string of the molecule is COc1cc(OC)cc(C(=O)NCC(=O)OCc2ccc(C(C)C)cc2)c1. The molecule has 0 aliphatic carbocycles. The molecule has 0 radical (unpaired) electrons. The molecule has 0 saturated heterocycles. The first-order chi connectivity index (χ1) is 12.9. The number of rotatable bonds is 8. The second-order valence-corrected chi connectivity index (χ2v) is 6.34. The number of esters is 1. The van der Waals surface area contributed by atoms with Gasteiger partial charge in [0.05, 0.1) is 14.2 Å². The van der Waals surface area contributed by atoms with Gasteiger partial charge in [-0.15, -0.1) is 0 Å².